The number of rotatable bonds is 5. The molecule has 0 aliphatic rings. The molecule has 7 heteroatoms. The zero-order chi connectivity index (χ0) is 18.6. The number of hydrogen-bond acceptors (Lipinski definition) is 4. The van der Waals surface area contributed by atoms with Gasteiger partial charge in [0, 0.05) is 24.5 Å². The van der Waals surface area contributed by atoms with Crippen molar-refractivity contribution in [3.05, 3.63) is 90.5 Å². The Labute approximate surface area is 154 Å². The van der Waals surface area contributed by atoms with Gasteiger partial charge < -0.3 is 9.88 Å². The summed E-state index contributed by atoms with van der Waals surface area (Å²) in [5, 5.41) is 11.4. The van der Waals surface area contributed by atoms with E-state index in [2.05, 4.69) is 20.5 Å². The second-order valence-electron chi connectivity index (χ2n) is 5.92. The highest BCUT2D eigenvalue weighted by atomic mass is 19.1. The Hall–Kier alpha value is -3.61. The van der Waals surface area contributed by atoms with Crippen molar-refractivity contribution in [2.75, 3.05) is 5.32 Å². The Bertz CT molecular complexity index is 1030. The lowest BCUT2D eigenvalue weighted by Crippen LogP contribution is -2.04. The third kappa shape index (κ3) is 3.82. The number of imidazole rings is 1. The van der Waals surface area contributed by atoms with Gasteiger partial charge in [0.15, 0.2) is 0 Å². The Kier molecular flexibility index (Phi) is 4.57. The van der Waals surface area contributed by atoms with Crippen molar-refractivity contribution >= 4 is 5.82 Å². The monoisotopic (exact) mass is 363 g/mol. The Balaban J connectivity index is 1.43. The van der Waals surface area contributed by atoms with Crippen LogP contribution in [0.1, 0.15) is 5.56 Å². The summed E-state index contributed by atoms with van der Waals surface area (Å²) < 4.78 is 28.9. The second-order valence-corrected chi connectivity index (χ2v) is 5.92. The fraction of sp³-hybridized carbons (Fsp3) is 0.0500. The van der Waals surface area contributed by atoms with E-state index in [0.29, 0.717) is 23.7 Å². The predicted octanol–water partition coefficient (Wildman–Crippen LogP) is 4.22. The number of anilines is 1. The lowest BCUT2D eigenvalue weighted by atomic mass is 10.1. The molecule has 5 nitrogen and oxygen atoms in total. The fourth-order valence-corrected chi connectivity index (χ4v) is 2.67. The van der Waals surface area contributed by atoms with Gasteiger partial charge in [0.1, 0.15) is 17.5 Å². The summed E-state index contributed by atoms with van der Waals surface area (Å²) in [6.45, 7) is 0.408. The average molecular weight is 363 g/mol. The fourth-order valence-electron chi connectivity index (χ4n) is 2.67. The molecule has 0 bridgehead atoms. The summed E-state index contributed by atoms with van der Waals surface area (Å²) in [6.07, 6.45) is 4.84. The summed E-state index contributed by atoms with van der Waals surface area (Å²) in [6, 6.07) is 14.7. The van der Waals surface area contributed by atoms with Crippen LogP contribution >= 0.6 is 0 Å². The van der Waals surface area contributed by atoms with Gasteiger partial charge in [-0.25, -0.2) is 13.8 Å². The van der Waals surface area contributed by atoms with E-state index in [0.717, 1.165) is 11.1 Å². The highest BCUT2D eigenvalue weighted by Gasteiger charge is 2.06. The average Bonchev–Trinajstić information content (AvgIpc) is 3.22. The van der Waals surface area contributed by atoms with Gasteiger partial charge in [-0.3, -0.25) is 0 Å². The maximum absolute atomic E-state index is 14.3. The van der Waals surface area contributed by atoms with Crippen LogP contribution in [0.2, 0.25) is 0 Å². The van der Waals surface area contributed by atoms with E-state index in [1.807, 2.05) is 6.07 Å². The molecule has 0 unspecified atom stereocenters. The molecular weight excluding hydrogens is 348 g/mol. The minimum absolute atomic E-state index is 0.295. The van der Waals surface area contributed by atoms with E-state index in [4.69, 9.17) is 0 Å². The normalized spacial score (nSPS) is 10.7. The van der Waals surface area contributed by atoms with Crippen LogP contribution in [0.5, 0.6) is 0 Å². The van der Waals surface area contributed by atoms with Crippen LogP contribution in [0.25, 0.3) is 16.9 Å². The summed E-state index contributed by atoms with van der Waals surface area (Å²) in [5.41, 5.74) is 2.66. The highest BCUT2D eigenvalue weighted by molar-refractivity contribution is 5.59. The molecule has 0 aliphatic carbocycles. The first-order valence-corrected chi connectivity index (χ1v) is 8.29. The summed E-state index contributed by atoms with van der Waals surface area (Å²) in [5.74, 6) is -0.0544. The van der Waals surface area contributed by atoms with Crippen molar-refractivity contribution < 1.29 is 8.78 Å². The molecule has 0 saturated carbocycles. The number of benzene rings is 2. The van der Waals surface area contributed by atoms with Gasteiger partial charge in [0.25, 0.3) is 0 Å². The van der Waals surface area contributed by atoms with E-state index in [1.54, 1.807) is 53.6 Å². The molecule has 0 amide bonds. The van der Waals surface area contributed by atoms with Gasteiger partial charge >= 0.3 is 0 Å². The lowest BCUT2D eigenvalue weighted by molar-refractivity contribution is 0.616. The molecule has 2 aromatic carbocycles. The van der Waals surface area contributed by atoms with E-state index in [9.17, 15) is 8.78 Å². The van der Waals surface area contributed by atoms with E-state index >= 15 is 0 Å². The first-order chi connectivity index (χ1) is 13.2. The molecule has 2 aromatic heterocycles. The molecule has 0 saturated heterocycles. The molecule has 2 heterocycles. The zero-order valence-electron chi connectivity index (χ0n) is 14.2. The first-order valence-electron chi connectivity index (χ1n) is 8.29. The predicted molar refractivity (Wildman–Crippen MR) is 98.3 cm³/mol. The largest absolute Gasteiger partial charge is 0.365 e. The molecule has 0 spiro atoms. The van der Waals surface area contributed by atoms with Gasteiger partial charge in [-0.05, 0) is 54.1 Å². The summed E-state index contributed by atoms with van der Waals surface area (Å²) >= 11 is 0. The molecule has 134 valence electrons. The van der Waals surface area contributed by atoms with Crippen LogP contribution in [0, 0.1) is 11.6 Å². The third-order valence-corrected chi connectivity index (χ3v) is 4.07. The second kappa shape index (κ2) is 7.33. The summed E-state index contributed by atoms with van der Waals surface area (Å²) in [4.78, 5) is 3.92. The maximum atomic E-state index is 14.3. The molecule has 0 aliphatic heterocycles. The molecule has 0 radical (unpaired) electrons. The zero-order valence-corrected chi connectivity index (χ0v) is 14.2. The summed E-state index contributed by atoms with van der Waals surface area (Å²) in [7, 11) is 0. The van der Waals surface area contributed by atoms with Gasteiger partial charge in [-0.2, -0.15) is 0 Å². The standard InChI is InChI=1S/C20H15F2N5/c21-16-4-2-15(3-5-16)18-6-8-20(26-25-18)24-12-14-1-7-19(17(22)11-14)27-10-9-23-13-27/h1-11,13H,12H2,(H,24,26). The molecule has 4 aromatic rings. The number of aromatic nitrogens is 4. The minimum Gasteiger partial charge on any atom is -0.365 e. The van der Waals surface area contributed by atoms with E-state index in [1.165, 1.54) is 18.2 Å². The Morgan fingerprint density at radius 3 is 2.44 bits per heavy atom. The van der Waals surface area contributed by atoms with Crippen LogP contribution in [-0.2, 0) is 6.54 Å². The van der Waals surface area contributed by atoms with Crippen molar-refractivity contribution in [1.82, 2.24) is 19.7 Å². The van der Waals surface area contributed by atoms with Crippen molar-refractivity contribution in [2.24, 2.45) is 0 Å². The first kappa shape index (κ1) is 16.8. The third-order valence-electron chi connectivity index (χ3n) is 4.07. The number of nitrogens with one attached hydrogen (secondary N) is 1. The van der Waals surface area contributed by atoms with Crippen molar-refractivity contribution in [1.29, 1.82) is 0 Å². The molecule has 27 heavy (non-hydrogen) atoms. The van der Waals surface area contributed by atoms with Crippen molar-refractivity contribution in [3.63, 3.8) is 0 Å². The van der Waals surface area contributed by atoms with Crippen LogP contribution < -0.4 is 5.32 Å². The molecule has 0 atom stereocenters. The van der Waals surface area contributed by atoms with Gasteiger partial charge in [0.2, 0.25) is 0 Å². The number of halogens is 2. The maximum Gasteiger partial charge on any atom is 0.148 e. The van der Waals surface area contributed by atoms with Crippen molar-refractivity contribution in [2.45, 2.75) is 6.54 Å². The Morgan fingerprint density at radius 2 is 1.78 bits per heavy atom. The van der Waals surface area contributed by atoms with Crippen LogP contribution in [-0.4, -0.2) is 19.7 Å². The Morgan fingerprint density at radius 1 is 0.926 bits per heavy atom. The molecule has 1 N–H and O–H groups in total. The van der Waals surface area contributed by atoms with Gasteiger partial charge in [-0.1, -0.05) is 6.07 Å². The van der Waals surface area contributed by atoms with Crippen LogP contribution in [0.15, 0.2) is 73.3 Å². The number of nitrogens with zero attached hydrogens (tertiary/aromatic N) is 4. The lowest BCUT2D eigenvalue weighted by Gasteiger charge is -2.09. The van der Waals surface area contributed by atoms with Gasteiger partial charge in [0.05, 0.1) is 17.7 Å². The SMILES string of the molecule is Fc1ccc(-c2ccc(NCc3ccc(-n4ccnc4)c(F)c3)nn2)cc1. The smallest absolute Gasteiger partial charge is 0.148 e. The highest BCUT2D eigenvalue weighted by Crippen LogP contribution is 2.19. The van der Waals surface area contributed by atoms with Gasteiger partial charge in [-0.15, -0.1) is 10.2 Å². The topological polar surface area (TPSA) is 55.6 Å². The quantitative estimate of drug-likeness (QED) is 0.577. The van der Waals surface area contributed by atoms with Crippen LogP contribution in [0.3, 0.4) is 0 Å². The minimum atomic E-state index is -0.329. The molecule has 4 rings (SSSR count). The number of hydrogen-bond donors (Lipinski definition) is 1. The van der Waals surface area contributed by atoms with Crippen LogP contribution in [0.4, 0.5) is 14.6 Å². The molecular formula is C20H15F2N5. The van der Waals surface area contributed by atoms with E-state index < -0.39 is 0 Å². The molecule has 0 fully saturated rings. The van der Waals surface area contributed by atoms with E-state index in [-0.39, 0.29) is 11.6 Å². The van der Waals surface area contributed by atoms with Crippen molar-refractivity contribution in [3.8, 4) is 16.9 Å².